The summed E-state index contributed by atoms with van der Waals surface area (Å²) in [6, 6.07) is -0.686. The van der Waals surface area contributed by atoms with Gasteiger partial charge in [0, 0.05) is 6.04 Å². The van der Waals surface area contributed by atoms with Crippen molar-refractivity contribution in [2.24, 2.45) is 5.92 Å². The molecule has 4 amide bonds. The molecule has 1 aliphatic rings. The maximum atomic E-state index is 11.6. The number of nitrogens with zero attached hydrogens (tertiary/aromatic N) is 1. The lowest BCUT2D eigenvalue weighted by atomic mass is 9.99. The van der Waals surface area contributed by atoms with Gasteiger partial charge in [-0.25, -0.2) is 4.79 Å². The molecule has 1 unspecified atom stereocenters. The average Bonchev–Trinajstić information content (AvgIpc) is 2.13. The van der Waals surface area contributed by atoms with E-state index in [0.717, 1.165) is 6.42 Å². The third kappa shape index (κ3) is 2.81. The number of hydrogen-bond acceptors (Lipinski definition) is 3. The summed E-state index contributed by atoms with van der Waals surface area (Å²) in [6.45, 7) is 6.02. The first-order valence-corrected chi connectivity index (χ1v) is 5.61. The van der Waals surface area contributed by atoms with E-state index in [1.165, 1.54) is 4.90 Å². The first kappa shape index (κ1) is 12.7. The van der Waals surface area contributed by atoms with Crippen LogP contribution >= 0.6 is 0 Å². The molecule has 0 aliphatic carbocycles. The predicted molar refractivity (Wildman–Crippen MR) is 58.5 cm³/mol. The van der Waals surface area contributed by atoms with Crippen molar-refractivity contribution in [3.63, 3.8) is 0 Å². The van der Waals surface area contributed by atoms with E-state index in [0.29, 0.717) is 12.3 Å². The van der Waals surface area contributed by atoms with Crippen molar-refractivity contribution in [2.45, 2.75) is 46.1 Å². The molecule has 0 bridgehead atoms. The van der Waals surface area contributed by atoms with Crippen LogP contribution in [0, 0.1) is 5.92 Å². The molecule has 16 heavy (non-hydrogen) atoms. The molecule has 1 N–H and O–H groups in total. The van der Waals surface area contributed by atoms with Crippen molar-refractivity contribution in [1.82, 2.24) is 10.2 Å². The molecule has 0 aromatic carbocycles. The van der Waals surface area contributed by atoms with Crippen LogP contribution in [0.15, 0.2) is 0 Å². The van der Waals surface area contributed by atoms with Gasteiger partial charge in [0.1, 0.15) is 6.42 Å². The number of imide groups is 2. The molecular weight excluding hydrogens is 208 g/mol. The van der Waals surface area contributed by atoms with Crippen molar-refractivity contribution in [1.29, 1.82) is 0 Å². The second-order valence-electron chi connectivity index (χ2n) is 4.49. The SMILES string of the molecule is CCC(CC(C)C)N1C(=O)CC(=O)NC1=O. The first-order chi connectivity index (χ1) is 7.45. The highest BCUT2D eigenvalue weighted by atomic mass is 16.2. The summed E-state index contributed by atoms with van der Waals surface area (Å²) in [5.41, 5.74) is 0. The number of nitrogens with one attached hydrogen (secondary N) is 1. The largest absolute Gasteiger partial charge is 0.331 e. The Morgan fingerprint density at radius 2 is 1.94 bits per heavy atom. The van der Waals surface area contributed by atoms with E-state index in [1.807, 2.05) is 20.8 Å². The molecule has 1 heterocycles. The van der Waals surface area contributed by atoms with E-state index in [4.69, 9.17) is 0 Å². The topological polar surface area (TPSA) is 66.5 Å². The molecule has 0 aromatic rings. The van der Waals surface area contributed by atoms with Gasteiger partial charge in [0.15, 0.2) is 0 Å². The number of carbonyl (C=O) groups excluding carboxylic acids is 3. The first-order valence-electron chi connectivity index (χ1n) is 5.61. The zero-order chi connectivity index (χ0) is 12.3. The van der Waals surface area contributed by atoms with Gasteiger partial charge in [0.2, 0.25) is 11.8 Å². The fourth-order valence-electron chi connectivity index (χ4n) is 1.93. The van der Waals surface area contributed by atoms with Crippen molar-refractivity contribution < 1.29 is 14.4 Å². The van der Waals surface area contributed by atoms with Crippen LogP contribution in [0.2, 0.25) is 0 Å². The molecule has 0 saturated carbocycles. The molecule has 1 aliphatic heterocycles. The molecule has 5 nitrogen and oxygen atoms in total. The minimum atomic E-state index is -0.575. The molecule has 1 saturated heterocycles. The van der Waals surface area contributed by atoms with Crippen LogP contribution in [0.25, 0.3) is 0 Å². The normalized spacial score (nSPS) is 19.0. The highest BCUT2D eigenvalue weighted by Crippen LogP contribution is 2.18. The Morgan fingerprint density at radius 3 is 2.38 bits per heavy atom. The Bertz CT molecular complexity index is 292. The van der Waals surface area contributed by atoms with Gasteiger partial charge < -0.3 is 0 Å². The van der Waals surface area contributed by atoms with Crippen molar-refractivity contribution >= 4 is 17.8 Å². The maximum Gasteiger partial charge on any atom is 0.331 e. The highest BCUT2D eigenvalue weighted by molar-refractivity contribution is 6.14. The Labute approximate surface area is 95.2 Å². The van der Waals surface area contributed by atoms with Crippen molar-refractivity contribution in [3.05, 3.63) is 0 Å². The van der Waals surface area contributed by atoms with Gasteiger partial charge in [-0.15, -0.1) is 0 Å². The fourth-order valence-corrected chi connectivity index (χ4v) is 1.93. The number of rotatable bonds is 4. The summed E-state index contributed by atoms with van der Waals surface area (Å²) >= 11 is 0. The van der Waals surface area contributed by atoms with E-state index >= 15 is 0 Å². The van der Waals surface area contributed by atoms with Crippen LogP contribution < -0.4 is 5.32 Å². The summed E-state index contributed by atoms with van der Waals surface area (Å²) in [7, 11) is 0. The lowest BCUT2D eigenvalue weighted by molar-refractivity contribution is -0.137. The Kier molecular flexibility index (Phi) is 4.04. The van der Waals surface area contributed by atoms with Gasteiger partial charge in [-0.2, -0.15) is 0 Å². The number of barbiturate groups is 1. The molecular formula is C11H18N2O3. The van der Waals surface area contributed by atoms with Gasteiger partial charge in [0.05, 0.1) is 0 Å². The summed E-state index contributed by atoms with van der Waals surface area (Å²) in [4.78, 5) is 35.4. The van der Waals surface area contributed by atoms with Gasteiger partial charge in [-0.1, -0.05) is 20.8 Å². The van der Waals surface area contributed by atoms with Crippen LogP contribution in [0.4, 0.5) is 4.79 Å². The average molecular weight is 226 g/mol. The second-order valence-corrected chi connectivity index (χ2v) is 4.49. The van der Waals surface area contributed by atoms with Crippen LogP contribution in [-0.4, -0.2) is 28.8 Å². The van der Waals surface area contributed by atoms with Crippen LogP contribution in [-0.2, 0) is 9.59 Å². The van der Waals surface area contributed by atoms with Crippen LogP contribution in [0.5, 0.6) is 0 Å². The van der Waals surface area contributed by atoms with E-state index in [9.17, 15) is 14.4 Å². The van der Waals surface area contributed by atoms with Gasteiger partial charge in [0.25, 0.3) is 0 Å². The van der Waals surface area contributed by atoms with E-state index in [2.05, 4.69) is 5.32 Å². The monoisotopic (exact) mass is 226 g/mol. The molecule has 90 valence electrons. The third-order valence-electron chi connectivity index (χ3n) is 2.63. The van der Waals surface area contributed by atoms with Gasteiger partial charge in [-0.05, 0) is 18.8 Å². The lowest BCUT2D eigenvalue weighted by Gasteiger charge is -2.32. The number of hydrogen-bond donors (Lipinski definition) is 1. The predicted octanol–water partition coefficient (Wildman–Crippen LogP) is 1.28. The zero-order valence-corrected chi connectivity index (χ0v) is 9.95. The summed E-state index contributed by atoms with van der Waals surface area (Å²) in [5.74, 6) is -0.491. The van der Waals surface area contributed by atoms with Crippen LogP contribution in [0.1, 0.15) is 40.0 Å². The Hall–Kier alpha value is -1.39. The summed E-state index contributed by atoms with van der Waals surface area (Å²) in [5, 5.41) is 2.18. The molecule has 5 heteroatoms. The Morgan fingerprint density at radius 1 is 1.31 bits per heavy atom. The molecule has 0 aromatic heterocycles. The van der Waals surface area contributed by atoms with Crippen molar-refractivity contribution in [3.8, 4) is 0 Å². The summed E-state index contributed by atoms with van der Waals surface area (Å²) < 4.78 is 0. The van der Waals surface area contributed by atoms with E-state index < -0.39 is 11.9 Å². The molecule has 0 spiro atoms. The standard InChI is InChI=1S/C11H18N2O3/c1-4-8(5-7(2)3)13-10(15)6-9(14)12-11(13)16/h7-8H,4-6H2,1-3H3,(H,12,14,16). The summed E-state index contributed by atoms with van der Waals surface area (Å²) in [6.07, 6.45) is 1.26. The lowest BCUT2D eigenvalue weighted by Crippen LogP contribution is -2.56. The second kappa shape index (κ2) is 5.09. The number of urea groups is 1. The van der Waals surface area contributed by atoms with E-state index in [1.54, 1.807) is 0 Å². The molecule has 1 fully saturated rings. The maximum absolute atomic E-state index is 11.6. The zero-order valence-electron chi connectivity index (χ0n) is 9.95. The number of amides is 4. The van der Waals surface area contributed by atoms with Gasteiger partial charge >= 0.3 is 6.03 Å². The van der Waals surface area contributed by atoms with Crippen molar-refractivity contribution in [2.75, 3.05) is 0 Å². The van der Waals surface area contributed by atoms with E-state index in [-0.39, 0.29) is 18.4 Å². The highest BCUT2D eigenvalue weighted by Gasteiger charge is 2.35. The minimum absolute atomic E-state index is 0.111. The van der Waals surface area contributed by atoms with Crippen LogP contribution in [0.3, 0.4) is 0 Å². The Balaban J connectivity index is 2.79. The third-order valence-corrected chi connectivity index (χ3v) is 2.63. The number of carbonyl (C=O) groups is 3. The molecule has 1 atom stereocenters. The minimum Gasteiger partial charge on any atom is -0.277 e. The smallest absolute Gasteiger partial charge is 0.277 e. The quantitative estimate of drug-likeness (QED) is 0.734. The van der Waals surface area contributed by atoms with Gasteiger partial charge in [-0.3, -0.25) is 19.8 Å². The molecule has 1 rings (SSSR count). The fraction of sp³-hybridized carbons (Fsp3) is 0.727. The molecule has 0 radical (unpaired) electrons.